The molecule has 0 amide bonds. The molecule has 3 nitrogen and oxygen atoms in total. The van der Waals surface area contributed by atoms with Crippen LogP contribution in [0.1, 0.15) is 78.1 Å². The molecule has 0 spiro atoms. The maximum Gasteiger partial charge on any atom is 0.316 e. The van der Waals surface area contributed by atoms with Gasteiger partial charge in [-0.1, -0.05) is 39.5 Å². The Hall–Kier alpha value is -0.860. The summed E-state index contributed by atoms with van der Waals surface area (Å²) in [4.78, 5) is 24.2. The highest BCUT2D eigenvalue weighted by atomic mass is 16.5. The quantitative estimate of drug-likeness (QED) is 0.535. The summed E-state index contributed by atoms with van der Waals surface area (Å²) in [6, 6.07) is 0. The summed E-state index contributed by atoms with van der Waals surface area (Å²) in [7, 11) is 0. The van der Waals surface area contributed by atoms with Crippen molar-refractivity contribution in [3.05, 3.63) is 0 Å². The Balaban J connectivity index is 1.78. The predicted molar refractivity (Wildman–Crippen MR) is 87.4 cm³/mol. The normalized spacial score (nSPS) is 32.7. The lowest BCUT2D eigenvalue weighted by Crippen LogP contribution is -2.35. The number of hydrogen-bond acceptors (Lipinski definition) is 3. The van der Waals surface area contributed by atoms with Gasteiger partial charge in [-0.2, -0.15) is 0 Å². The van der Waals surface area contributed by atoms with E-state index in [1.54, 1.807) is 0 Å². The van der Waals surface area contributed by atoms with Crippen molar-refractivity contribution < 1.29 is 14.3 Å². The zero-order chi connectivity index (χ0) is 15.9. The number of ketones is 1. The third-order valence-corrected chi connectivity index (χ3v) is 5.67. The Morgan fingerprint density at radius 1 is 1.00 bits per heavy atom. The second-order valence-electron chi connectivity index (χ2n) is 7.30. The monoisotopic (exact) mass is 308 g/mol. The van der Waals surface area contributed by atoms with Gasteiger partial charge in [0.25, 0.3) is 0 Å². The van der Waals surface area contributed by atoms with Crippen molar-refractivity contribution in [3.8, 4) is 0 Å². The number of rotatable bonds is 6. The molecule has 0 radical (unpaired) electrons. The third kappa shape index (κ3) is 4.57. The first-order chi connectivity index (χ1) is 10.7. The van der Waals surface area contributed by atoms with E-state index in [1.165, 1.54) is 38.5 Å². The summed E-state index contributed by atoms with van der Waals surface area (Å²) in [6.07, 6.45) is 11.1. The smallest absolute Gasteiger partial charge is 0.316 e. The molecule has 0 heterocycles. The standard InChI is InChI=1S/C19H32O3/c1-3-5-14-6-8-15(9-7-14)16-10-11-17(18(20)13-16)19(21)22-12-4-2/h14-17H,3-13H2,1-2H3/t14?,15?,16-,17-/m1/s1. The summed E-state index contributed by atoms with van der Waals surface area (Å²) >= 11 is 0. The Labute approximate surface area is 135 Å². The maximum atomic E-state index is 12.3. The molecule has 0 aliphatic heterocycles. The van der Waals surface area contributed by atoms with Gasteiger partial charge in [-0.25, -0.2) is 0 Å². The second-order valence-corrected chi connectivity index (χ2v) is 7.30. The van der Waals surface area contributed by atoms with Gasteiger partial charge >= 0.3 is 5.97 Å². The van der Waals surface area contributed by atoms with Crippen LogP contribution in [0.15, 0.2) is 0 Å². The minimum atomic E-state index is -0.473. The minimum absolute atomic E-state index is 0.132. The van der Waals surface area contributed by atoms with Gasteiger partial charge in [0.1, 0.15) is 11.7 Å². The molecule has 0 unspecified atom stereocenters. The number of hydrogen-bond donors (Lipinski definition) is 0. The van der Waals surface area contributed by atoms with Gasteiger partial charge in [-0.3, -0.25) is 9.59 Å². The van der Waals surface area contributed by atoms with E-state index in [1.807, 2.05) is 6.92 Å². The summed E-state index contributed by atoms with van der Waals surface area (Å²) in [5.41, 5.74) is 0. The van der Waals surface area contributed by atoms with Crippen LogP contribution >= 0.6 is 0 Å². The van der Waals surface area contributed by atoms with Gasteiger partial charge < -0.3 is 4.74 Å². The average Bonchev–Trinajstić information content (AvgIpc) is 2.53. The SMILES string of the molecule is CCCOC(=O)[C@@H]1CC[C@@H](C2CCC(CCC)CC2)CC1=O. The maximum absolute atomic E-state index is 12.3. The first kappa shape index (κ1) is 17.5. The number of ether oxygens (including phenoxy) is 1. The Kier molecular flexibility index (Phi) is 6.91. The van der Waals surface area contributed by atoms with Crippen LogP contribution in [0.3, 0.4) is 0 Å². The highest BCUT2D eigenvalue weighted by molar-refractivity contribution is 5.99. The van der Waals surface area contributed by atoms with Gasteiger partial charge in [-0.05, 0) is 49.9 Å². The lowest BCUT2D eigenvalue weighted by Gasteiger charge is -2.36. The van der Waals surface area contributed by atoms with Crippen LogP contribution in [0.5, 0.6) is 0 Å². The molecular formula is C19H32O3. The topological polar surface area (TPSA) is 43.4 Å². The van der Waals surface area contributed by atoms with Crippen molar-refractivity contribution in [2.75, 3.05) is 6.61 Å². The van der Waals surface area contributed by atoms with E-state index >= 15 is 0 Å². The first-order valence-electron chi connectivity index (χ1n) is 9.35. The van der Waals surface area contributed by atoms with Gasteiger partial charge in [0.2, 0.25) is 0 Å². The number of carbonyl (C=O) groups excluding carboxylic acids is 2. The fourth-order valence-corrected chi connectivity index (χ4v) is 4.36. The van der Waals surface area contributed by atoms with Crippen molar-refractivity contribution in [2.45, 2.75) is 78.1 Å². The van der Waals surface area contributed by atoms with Crippen LogP contribution < -0.4 is 0 Å². The van der Waals surface area contributed by atoms with E-state index in [2.05, 4.69) is 6.92 Å². The van der Waals surface area contributed by atoms with Crippen LogP contribution in [-0.4, -0.2) is 18.4 Å². The van der Waals surface area contributed by atoms with Crippen LogP contribution in [-0.2, 0) is 14.3 Å². The van der Waals surface area contributed by atoms with E-state index in [-0.39, 0.29) is 11.8 Å². The molecule has 2 rings (SSSR count). The number of esters is 1. The number of carbonyl (C=O) groups is 2. The fourth-order valence-electron chi connectivity index (χ4n) is 4.36. The van der Waals surface area contributed by atoms with Crippen LogP contribution in [0.4, 0.5) is 0 Å². The van der Waals surface area contributed by atoms with Crippen LogP contribution in [0, 0.1) is 23.7 Å². The molecule has 2 atom stereocenters. The Morgan fingerprint density at radius 3 is 2.27 bits per heavy atom. The van der Waals surface area contributed by atoms with E-state index in [9.17, 15) is 9.59 Å². The molecule has 0 bridgehead atoms. The molecule has 2 aliphatic carbocycles. The van der Waals surface area contributed by atoms with Gasteiger partial charge in [0.15, 0.2) is 0 Å². The van der Waals surface area contributed by atoms with E-state index in [0.29, 0.717) is 31.3 Å². The van der Waals surface area contributed by atoms with Crippen LogP contribution in [0.2, 0.25) is 0 Å². The van der Waals surface area contributed by atoms with Crippen molar-refractivity contribution in [1.29, 1.82) is 0 Å². The largest absolute Gasteiger partial charge is 0.465 e. The molecule has 0 aromatic rings. The van der Waals surface area contributed by atoms with Crippen molar-refractivity contribution >= 4 is 11.8 Å². The van der Waals surface area contributed by atoms with Crippen molar-refractivity contribution in [3.63, 3.8) is 0 Å². The molecule has 0 aromatic heterocycles. The van der Waals surface area contributed by atoms with E-state index in [4.69, 9.17) is 4.74 Å². The highest BCUT2D eigenvalue weighted by Gasteiger charge is 2.38. The predicted octanol–water partition coefficient (Wildman–Crippen LogP) is 4.53. The summed E-state index contributed by atoms with van der Waals surface area (Å²) in [5.74, 6) is 1.52. The first-order valence-corrected chi connectivity index (χ1v) is 9.35. The molecule has 3 heteroatoms. The molecular weight excluding hydrogens is 276 g/mol. The lowest BCUT2D eigenvalue weighted by molar-refractivity contribution is -0.154. The second kappa shape index (κ2) is 8.69. The zero-order valence-electron chi connectivity index (χ0n) is 14.3. The number of Topliss-reactive ketones (excluding diaryl/α,β-unsaturated/α-hetero) is 1. The highest BCUT2D eigenvalue weighted by Crippen LogP contribution is 2.41. The van der Waals surface area contributed by atoms with Gasteiger partial charge in [0.05, 0.1) is 6.61 Å². The van der Waals surface area contributed by atoms with Crippen LogP contribution in [0.25, 0.3) is 0 Å². The molecule has 0 N–H and O–H groups in total. The molecule has 126 valence electrons. The molecule has 0 saturated heterocycles. The van der Waals surface area contributed by atoms with Gasteiger partial charge in [-0.15, -0.1) is 0 Å². The van der Waals surface area contributed by atoms with E-state index in [0.717, 1.165) is 18.8 Å². The lowest BCUT2D eigenvalue weighted by atomic mass is 9.68. The molecule has 2 aliphatic rings. The third-order valence-electron chi connectivity index (χ3n) is 5.67. The average molecular weight is 308 g/mol. The molecule has 22 heavy (non-hydrogen) atoms. The van der Waals surface area contributed by atoms with E-state index < -0.39 is 5.92 Å². The molecule has 0 aromatic carbocycles. The van der Waals surface area contributed by atoms with Crippen molar-refractivity contribution in [1.82, 2.24) is 0 Å². The minimum Gasteiger partial charge on any atom is -0.465 e. The Bertz CT molecular complexity index is 369. The summed E-state index contributed by atoms with van der Waals surface area (Å²) in [5, 5.41) is 0. The van der Waals surface area contributed by atoms with Crippen molar-refractivity contribution in [2.24, 2.45) is 23.7 Å². The zero-order valence-corrected chi connectivity index (χ0v) is 14.3. The summed E-state index contributed by atoms with van der Waals surface area (Å²) < 4.78 is 5.16. The van der Waals surface area contributed by atoms with Gasteiger partial charge in [0, 0.05) is 6.42 Å². The molecule has 2 saturated carbocycles. The fraction of sp³-hybridized carbons (Fsp3) is 0.895. The molecule has 2 fully saturated rings. The Morgan fingerprint density at radius 2 is 1.68 bits per heavy atom. The summed E-state index contributed by atoms with van der Waals surface area (Å²) in [6.45, 7) is 4.68.